The number of likely N-dealkylation sites (N-methyl/N-ethyl adjacent to an activating group) is 1. The van der Waals surface area contributed by atoms with E-state index in [9.17, 15) is 0 Å². The summed E-state index contributed by atoms with van der Waals surface area (Å²) in [7, 11) is 3.89. The van der Waals surface area contributed by atoms with E-state index in [4.69, 9.17) is 4.74 Å². The average molecular weight is 344 g/mol. The van der Waals surface area contributed by atoms with Crippen LogP contribution in [0.5, 0.6) is 0 Å². The molecule has 20 heavy (non-hydrogen) atoms. The van der Waals surface area contributed by atoms with Crippen molar-refractivity contribution in [3.05, 3.63) is 15.9 Å². The Morgan fingerprint density at radius 3 is 2.60 bits per heavy atom. The van der Waals surface area contributed by atoms with Gasteiger partial charge in [-0.15, -0.1) is 0 Å². The Balaban J connectivity index is 2.26. The molecule has 1 aliphatic rings. The molecule has 1 aliphatic carbocycles. The summed E-state index contributed by atoms with van der Waals surface area (Å²) < 4.78 is 9.18. The second-order valence-corrected chi connectivity index (χ2v) is 6.48. The van der Waals surface area contributed by atoms with E-state index >= 15 is 0 Å². The van der Waals surface area contributed by atoms with Gasteiger partial charge in [0.05, 0.1) is 21.5 Å². The first kappa shape index (κ1) is 16.0. The molecule has 0 bridgehead atoms. The molecule has 1 N–H and O–H groups in total. The summed E-state index contributed by atoms with van der Waals surface area (Å²) in [6.45, 7) is 5.09. The van der Waals surface area contributed by atoms with Crippen LogP contribution in [-0.2, 0) is 17.7 Å². The number of hydrogen-bond donors (Lipinski definition) is 1. The Morgan fingerprint density at radius 2 is 2.10 bits per heavy atom. The van der Waals surface area contributed by atoms with Crippen LogP contribution >= 0.6 is 15.9 Å². The zero-order valence-corrected chi connectivity index (χ0v) is 14.6. The van der Waals surface area contributed by atoms with Crippen molar-refractivity contribution in [2.75, 3.05) is 14.2 Å². The van der Waals surface area contributed by atoms with Crippen LogP contribution in [0.1, 0.15) is 44.0 Å². The number of aromatic nitrogens is 2. The number of ether oxygens (including phenoxy) is 1. The summed E-state index contributed by atoms with van der Waals surface area (Å²) in [6.07, 6.45) is 5.76. The van der Waals surface area contributed by atoms with Crippen molar-refractivity contribution in [3.63, 3.8) is 0 Å². The van der Waals surface area contributed by atoms with Crippen molar-refractivity contribution in [3.8, 4) is 0 Å². The summed E-state index contributed by atoms with van der Waals surface area (Å²) >= 11 is 3.70. The molecule has 1 heterocycles. The van der Waals surface area contributed by atoms with E-state index in [1.807, 2.05) is 14.2 Å². The lowest BCUT2D eigenvalue weighted by Crippen LogP contribution is -2.50. The molecule has 114 valence electrons. The lowest BCUT2D eigenvalue weighted by atomic mass is 9.88. The number of methoxy groups -OCH3 is 1. The van der Waals surface area contributed by atoms with E-state index in [1.54, 1.807) is 0 Å². The third-order valence-corrected chi connectivity index (χ3v) is 5.72. The molecular formula is C15H26BrN3O. The maximum absolute atomic E-state index is 5.94. The smallest absolute Gasteiger partial charge is 0.0834 e. The lowest BCUT2D eigenvalue weighted by molar-refractivity contribution is -0.0341. The van der Waals surface area contributed by atoms with Gasteiger partial charge in [0.1, 0.15) is 0 Å². The highest BCUT2D eigenvalue weighted by molar-refractivity contribution is 9.10. The van der Waals surface area contributed by atoms with Crippen LogP contribution in [0.25, 0.3) is 0 Å². The maximum atomic E-state index is 5.94. The Kier molecular flexibility index (Phi) is 5.26. The van der Waals surface area contributed by atoms with E-state index in [0.717, 1.165) is 36.0 Å². The summed E-state index contributed by atoms with van der Waals surface area (Å²) in [4.78, 5) is 0. The molecule has 0 aromatic carbocycles. The molecular weight excluding hydrogens is 318 g/mol. The third kappa shape index (κ3) is 2.81. The number of aryl methyl sites for hydroxylation is 2. The van der Waals surface area contributed by atoms with Gasteiger partial charge < -0.3 is 10.1 Å². The van der Waals surface area contributed by atoms with Crippen molar-refractivity contribution in [1.82, 2.24) is 15.1 Å². The number of rotatable bonds is 6. The lowest BCUT2D eigenvalue weighted by Gasteiger charge is -2.36. The van der Waals surface area contributed by atoms with Crippen LogP contribution in [0.3, 0.4) is 0 Å². The molecule has 1 aromatic rings. The van der Waals surface area contributed by atoms with Gasteiger partial charge in [-0.2, -0.15) is 5.10 Å². The molecule has 4 nitrogen and oxygen atoms in total. The minimum atomic E-state index is -0.0229. The van der Waals surface area contributed by atoms with Gasteiger partial charge in [0.2, 0.25) is 0 Å². The van der Waals surface area contributed by atoms with E-state index in [-0.39, 0.29) is 5.60 Å². The number of hydrogen-bond acceptors (Lipinski definition) is 3. The highest BCUT2D eigenvalue weighted by Gasteiger charge is 2.41. The molecule has 0 saturated heterocycles. The van der Waals surface area contributed by atoms with Crippen molar-refractivity contribution in [1.29, 1.82) is 0 Å². The minimum Gasteiger partial charge on any atom is -0.377 e. The third-order valence-electron chi connectivity index (χ3n) is 4.69. The van der Waals surface area contributed by atoms with Crippen molar-refractivity contribution in [2.45, 2.75) is 64.1 Å². The fourth-order valence-corrected chi connectivity index (χ4v) is 3.92. The highest BCUT2D eigenvalue weighted by atomic mass is 79.9. The predicted molar refractivity (Wildman–Crippen MR) is 85.1 cm³/mol. The quantitative estimate of drug-likeness (QED) is 0.862. The molecule has 1 saturated carbocycles. The molecule has 1 unspecified atom stereocenters. The molecule has 0 radical (unpaired) electrons. The summed E-state index contributed by atoms with van der Waals surface area (Å²) in [5.41, 5.74) is 2.31. The zero-order valence-electron chi connectivity index (χ0n) is 13.0. The van der Waals surface area contributed by atoms with Crippen LogP contribution in [-0.4, -0.2) is 35.6 Å². The first-order valence-corrected chi connectivity index (χ1v) is 8.31. The Bertz CT molecular complexity index is 452. The van der Waals surface area contributed by atoms with Crippen LogP contribution in [0.4, 0.5) is 0 Å². The van der Waals surface area contributed by atoms with Crippen LogP contribution in [0.2, 0.25) is 0 Å². The molecule has 1 aromatic heterocycles. The number of halogens is 1. The van der Waals surface area contributed by atoms with Crippen LogP contribution in [0, 0.1) is 6.92 Å². The monoisotopic (exact) mass is 343 g/mol. The molecule has 1 fully saturated rings. The topological polar surface area (TPSA) is 39.1 Å². The van der Waals surface area contributed by atoms with Gasteiger partial charge in [-0.25, -0.2) is 0 Å². The molecule has 1 atom stereocenters. The molecule has 5 heteroatoms. The van der Waals surface area contributed by atoms with Crippen molar-refractivity contribution < 1.29 is 4.74 Å². The molecule has 2 rings (SSSR count). The Labute approximate surface area is 130 Å². The van der Waals surface area contributed by atoms with E-state index in [1.165, 1.54) is 18.5 Å². The van der Waals surface area contributed by atoms with Gasteiger partial charge in [0.25, 0.3) is 0 Å². The second-order valence-electron chi connectivity index (χ2n) is 5.68. The van der Waals surface area contributed by atoms with Gasteiger partial charge in [0.15, 0.2) is 0 Å². The van der Waals surface area contributed by atoms with Gasteiger partial charge in [-0.3, -0.25) is 4.68 Å². The zero-order chi connectivity index (χ0) is 14.8. The molecule has 0 aliphatic heterocycles. The predicted octanol–water partition coefficient (Wildman–Crippen LogP) is 3.06. The van der Waals surface area contributed by atoms with E-state index in [0.29, 0.717) is 6.04 Å². The van der Waals surface area contributed by atoms with Gasteiger partial charge >= 0.3 is 0 Å². The fraction of sp³-hybridized carbons (Fsp3) is 0.800. The first-order chi connectivity index (χ1) is 9.57. The summed E-state index contributed by atoms with van der Waals surface area (Å²) in [6, 6.07) is 0.327. The van der Waals surface area contributed by atoms with Gasteiger partial charge in [0, 0.05) is 26.1 Å². The number of nitrogens with zero attached hydrogens (tertiary/aromatic N) is 2. The molecule has 0 spiro atoms. The minimum absolute atomic E-state index is 0.0229. The van der Waals surface area contributed by atoms with E-state index < -0.39 is 0 Å². The van der Waals surface area contributed by atoms with Gasteiger partial charge in [-0.1, -0.05) is 12.8 Å². The maximum Gasteiger partial charge on any atom is 0.0834 e. The standard InChI is InChI=1S/C15H26BrN3O/c1-5-19-12(14(16)11(2)18-19)10-13(17-3)15(20-4)8-6-7-9-15/h13,17H,5-10H2,1-4H3. The largest absolute Gasteiger partial charge is 0.377 e. The van der Waals surface area contributed by atoms with Crippen molar-refractivity contribution in [2.24, 2.45) is 0 Å². The summed E-state index contributed by atoms with van der Waals surface area (Å²) in [5.74, 6) is 0. The van der Waals surface area contributed by atoms with E-state index in [2.05, 4.69) is 44.9 Å². The van der Waals surface area contributed by atoms with Crippen LogP contribution < -0.4 is 5.32 Å². The van der Waals surface area contributed by atoms with Crippen molar-refractivity contribution >= 4 is 15.9 Å². The SMILES string of the molecule is CCn1nc(C)c(Br)c1CC(NC)C1(OC)CCCC1. The Hall–Kier alpha value is -0.390. The van der Waals surface area contributed by atoms with Gasteiger partial charge in [-0.05, 0) is 49.7 Å². The number of nitrogens with one attached hydrogen (secondary N) is 1. The summed E-state index contributed by atoms with van der Waals surface area (Å²) in [5, 5.41) is 8.08. The highest BCUT2D eigenvalue weighted by Crippen LogP contribution is 2.37. The Morgan fingerprint density at radius 1 is 1.45 bits per heavy atom. The fourth-order valence-electron chi connectivity index (χ4n) is 3.48. The normalized spacial score (nSPS) is 19.4. The van der Waals surface area contributed by atoms with Crippen LogP contribution in [0.15, 0.2) is 4.47 Å². The molecule has 0 amide bonds. The second kappa shape index (κ2) is 6.58. The average Bonchev–Trinajstić information content (AvgIpc) is 3.04. The first-order valence-electron chi connectivity index (χ1n) is 7.52.